The average molecular weight is 158 g/mol. The first-order valence-electron chi connectivity index (χ1n) is 2.17. The fraction of sp³-hybridized carbons (Fsp3) is 0.750. The van der Waals surface area contributed by atoms with Gasteiger partial charge in [-0.2, -0.15) is 13.2 Å². The van der Waals surface area contributed by atoms with Crippen molar-refractivity contribution in [2.75, 3.05) is 0 Å². The van der Waals surface area contributed by atoms with Crippen LogP contribution < -0.4 is 0 Å². The summed E-state index contributed by atoms with van der Waals surface area (Å²) >= 11 is -0.461. The quantitative estimate of drug-likeness (QED) is 0.557. The molecule has 0 amide bonds. The highest BCUT2D eigenvalue weighted by molar-refractivity contribution is 7.66. The maximum atomic E-state index is 11.5. The zero-order chi connectivity index (χ0) is 7.49. The molecule has 0 aliphatic rings. The Kier molecular flexibility index (Phi) is 3.03. The van der Waals surface area contributed by atoms with E-state index in [1.54, 1.807) is 0 Å². The van der Waals surface area contributed by atoms with Gasteiger partial charge in [0.05, 0.1) is 0 Å². The van der Waals surface area contributed by atoms with E-state index in [1.807, 2.05) is 0 Å². The van der Waals surface area contributed by atoms with E-state index < -0.39 is 29.5 Å². The lowest BCUT2D eigenvalue weighted by Gasteiger charge is -2.00. The lowest BCUT2D eigenvalue weighted by molar-refractivity contribution is -0.128. The van der Waals surface area contributed by atoms with Crippen LogP contribution in [0.4, 0.5) is 13.2 Å². The molecule has 1 nitrogen and oxygen atoms in total. The van der Waals surface area contributed by atoms with Crippen molar-refractivity contribution in [3.63, 3.8) is 0 Å². The summed E-state index contributed by atoms with van der Waals surface area (Å²) < 4.78 is 44.0. The van der Waals surface area contributed by atoms with Crippen molar-refractivity contribution in [2.24, 2.45) is 0 Å². The highest BCUT2D eigenvalue weighted by Gasteiger charge is 2.49. The van der Waals surface area contributed by atoms with E-state index in [2.05, 4.69) is 6.92 Å². The minimum Gasteiger partial charge on any atom is -0.165 e. The van der Waals surface area contributed by atoms with Gasteiger partial charge in [0.2, 0.25) is 0 Å². The number of hydrogen-bond donors (Lipinski definition) is 0. The van der Waals surface area contributed by atoms with Crippen molar-refractivity contribution >= 4 is 11.7 Å². The lowest BCUT2D eigenvalue weighted by atomic mass is 10.3. The number of halogens is 3. The molecule has 0 aromatic rings. The maximum absolute atomic E-state index is 11.5. The summed E-state index contributed by atoms with van der Waals surface area (Å²) in [6.45, 7) is 2.98. The molecule has 9 heavy (non-hydrogen) atoms. The van der Waals surface area contributed by atoms with Crippen LogP contribution in [0.1, 0.15) is 6.42 Å². The maximum Gasteiger partial charge on any atom is 0.472 e. The summed E-state index contributed by atoms with van der Waals surface area (Å²) in [6, 6.07) is 0. The molecule has 0 saturated carbocycles. The SMILES string of the molecule is [CH2]CC([S+]=O)C(F)(F)F. The van der Waals surface area contributed by atoms with Crippen LogP contribution in [0.2, 0.25) is 0 Å². The lowest BCUT2D eigenvalue weighted by Crippen LogP contribution is -2.26. The summed E-state index contributed by atoms with van der Waals surface area (Å²) in [7, 11) is 0. The summed E-state index contributed by atoms with van der Waals surface area (Å²) in [4.78, 5) is 0. The predicted molar refractivity (Wildman–Crippen MR) is 27.9 cm³/mol. The molecule has 0 bridgehead atoms. The van der Waals surface area contributed by atoms with Gasteiger partial charge >= 0.3 is 23.1 Å². The van der Waals surface area contributed by atoms with Gasteiger partial charge in [0.1, 0.15) is 0 Å². The molecule has 5 heteroatoms. The second-order valence-corrected chi connectivity index (χ2v) is 2.18. The van der Waals surface area contributed by atoms with Gasteiger partial charge in [-0.15, -0.1) is 0 Å². The van der Waals surface area contributed by atoms with Crippen molar-refractivity contribution < 1.29 is 17.4 Å². The van der Waals surface area contributed by atoms with Crippen LogP contribution >= 0.6 is 0 Å². The zero-order valence-corrected chi connectivity index (χ0v) is 5.26. The summed E-state index contributed by atoms with van der Waals surface area (Å²) in [5, 5.41) is -1.85. The van der Waals surface area contributed by atoms with E-state index in [1.165, 1.54) is 0 Å². The van der Waals surface area contributed by atoms with Crippen LogP contribution in [0.15, 0.2) is 0 Å². The average Bonchev–Trinajstić information content (AvgIpc) is 1.65. The summed E-state index contributed by atoms with van der Waals surface area (Å²) in [6.07, 6.45) is -4.80. The van der Waals surface area contributed by atoms with Gasteiger partial charge in [0.15, 0.2) is 0 Å². The number of alkyl halides is 3. The predicted octanol–water partition coefficient (Wildman–Crippen LogP) is 1.57. The van der Waals surface area contributed by atoms with Gasteiger partial charge in [0.25, 0.3) is 0 Å². The van der Waals surface area contributed by atoms with Crippen LogP contribution in [0.5, 0.6) is 0 Å². The molecule has 1 radical (unpaired) electrons. The van der Waals surface area contributed by atoms with Crippen molar-refractivity contribution in [1.82, 2.24) is 0 Å². The monoisotopic (exact) mass is 158 g/mol. The van der Waals surface area contributed by atoms with Crippen molar-refractivity contribution in [2.45, 2.75) is 17.8 Å². The van der Waals surface area contributed by atoms with Crippen LogP contribution in [-0.4, -0.2) is 11.4 Å². The highest BCUT2D eigenvalue weighted by Crippen LogP contribution is 2.23. The molecule has 0 fully saturated rings. The Balaban J connectivity index is 3.94. The molecular formula is C4H5F3OS+. The van der Waals surface area contributed by atoms with Crippen LogP contribution in [-0.2, 0) is 15.9 Å². The number of rotatable bonds is 2. The van der Waals surface area contributed by atoms with E-state index in [9.17, 15) is 17.4 Å². The Labute approximate surface area is 54.7 Å². The number of hydrogen-bond acceptors (Lipinski definition) is 1. The molecule has 0 aromatic heterocycles. The minimum atomic E-state index is -4.39. The van der Waals surface area contributed by atoms with Gasteiger partial charge in [-0.3, -0.25) is 0 Å². The molecular weight excluding hydrogens is 153 g/mol. The van der Waals surface area contributed by atoms with E-state index in [0.717, 1.165) is 0 Å². The minimum absolute atomic E-state index is 0.405. The molecule has 0 rings (SSSR count). The third kappa shape index (κ3) is 2.74. The van der Waals surface area contributed by atoms with Gasteiger partial charge in [-0.05, 0) is 6.92 Å². The Morgan fingerprint density at radius 1 is 1.56 bits per heavy atom. The van der Waals surface area contributed by atoms with Gasteiger partial charge < -0.3 is 0 Å². The first-order chi connectivity index (χ1) is 4.02. The van der Waals surface area contributed by atoms with E-state index in [0.29, 0.717) is 0 Å². The van der Waals surface area contributed by atoms with Gasteiger partial charge in [-0.25, -0.2) is 0 Å². The first-order valence-corrected chi connectivity index (χ1v) is 2.97. The standard InChI is InChI=1S/C4H5F3OS/c1-2-3(9-8)4(5,6)7/h3H,1-2H2/q+1. The van der Waals surface area contributed by atoms with Crippen LogP contribution in [0.3, 0.4) is 0 Å². The fourth-order valence-electron chi connectivity index (χ4n) is 0.266. The molecule has 0 heterocycles. The highest BCUT2D eigenvalue weighted by atomic mass is 32.1. The topological polar surface area (TPSA) is 17.1 Å². The van der Waals surface area contributed by atoms with Crippen molar-refractivity contribution in [1.29, 1.82) is 0 Å². The van der Waals surface area contributed by atoms with E-state index in [4.69, 9.17) is 0 Å². The Hall–Kier alpha value is -0.190. The normalized spacial score (nSPS) is 15.1. The third-order valence-electron chi connectivity index (χ3n) is 0.743. The Morgan fingerprint density at radius 2 is 2.00 bits per heavy atom. The second kappa shape index (κ2) is 3.10. The molecule has 1 unspecified atom stereocenters. The summed E-state index contributed by atoms with van der Waals surface area (Å²) in [5.41, 5.74) is 0. The molecule has 0 aliphatic heterocycles. The van der Waals surface area contributed by atoms with Gasteiger partial charge in [-0.1, -0.05) is 0 Å². The van der Waals surface area contributed by atoms with E-state index >= 15 is 0 Å². The smallest absolute Gasteiger partial charge is 0.165 e. The Morgan fingerprint density at radius 3 is 2.00 bits per heavy atom. The largest absolute Gasteiger partial charge is 0.472 e. The second-order valence-electron chi connectivity index (χ2n) is 1.42. The summed E-state index contributed by atoms with van der Waals surface area (Å²) in [5.74, 6) is 0. The first kappa shape index (κ1) is 8.81. The molecule has 0 spiro atoms. The zero-order valence-electron chi connectivity index (χ0n) is 4.44. The molecule has 0 N–H and O–H groups in total. The molecule has 0 aromatic carbocycles. The third-order valence-corrected chi connectivity index (χ3v) is 1.48. The molecule has 0 saturated heterocycles. The molecule has 53 valence electrons. The van der Waals surface area contributed by atoms with Crippen molar-refractivity contribution in [3.05, 3.63) is 6.92 Å². The molecule has 1 atom stereocenters. The van der Waals surface area contributed by atoms with Crippen molar-refractivity contribution in [3.8, 4) is 0 Å². The fourth-order valence-corrected chi connectivity index (χ4v) is 0.472. The molecule has 0 aliphatic carbocycles. The van der Waals surface area contributed by atoms with Gasteiger partial charge in [0, 0.05) is 10.6 Å². The van der Waals surface area contributed by atoms with Crippen LogP contribution in [0, 0.1) is 6.92 Å². The van der Waals surface area contributed by atoms with E-state index in [-0.39, 0.29) is 0 Å². The Bertz CT molecular complexity index is 100. The van der Waals surface area contributed by atoms with Crippen LogP contribution in [0.25, 0.3) is 0 Å².